The number of benzene rings is 4. The Balaban J connectivity index is 0.000000222. The van der Waals surface area contributed by atoms with Crippen molar-refractivity contribution in [3.63, 3.8) is 0 Å². The molecule has 0 atom stereocenters. The SMILES string of the molecule is CC(C)(C)C1CCC(Oc2ccc3cc(CNCCC(=O)NS(=O)(=O)C4CC4)ccc3c2)CC1.CC(C)(C)OC(=O)N(CCC(=O)NS(=O)(=O)C1CC1)Cc1ccc2cc(OC3CCC(C(C)(C)C)CC3)ccc2c1. The first kappa shape index (κ1) is 57.8. The van der Waals surface area contributed by atoms with Gasteiger partial charge in [-0.25, -0.2) is 21.6 Å². The molecule has 0 aromatic heterocycles. The quantitative estimate of drug-likeness (QED) is 0.0805. The number of fused-ring (bicyclic) bond motifs is 2. The van der Waals surface area contributed by atoms with E-state index in [2.05, 4.69) is 98.8 Å². The summed E-state index contributed by atoms with van der Waals surface area (Å²) in [5.41, 5.74) is 2.01. The van der Waals surface area contributed by atoms with Crippen LogP contribution in [0.15, 0.2) is 72.8 Å². The van der Waals surface area contributed by atoms with E-state index in [-0.39, 0.29) is 37.3 Å². The van der Waals surface area contributed by atoms with Crippen molar-refractivity contribution < 1.29 is 45.4 Å². The maximum atomic E-state index is 13.0. The van der Waals surface area contributed by atoms with Gasteiger partial charge in [-0.1, -0.05) is 77.9 Å². The standard InChI is InChI=1S/C32H46N2O6S.C27H38N2O4S/c1-31(2,3)25-10-13-26(14-11-25)39-27-12-9-23-19-22(7-8-24(23)20-27)21-34(30(36)40-32(4,5)6)18-17-29(35)33-41(37,38)28-15-16-28;1-27(2,3)22-7-10-23(11-8-22)33-24-9-6-20-16-19(4-5-21(20)17-24)18-28-15-14-26(30)29-34(31,32)25-12-13-25/h7-9,12,19-20,25-26,28H,10-11,13-18,21H2,1-6H3,(H,33,35);4-6,9,16-17,22-23,25,28H,7-8,10-15,18H2,1-3H3,(H,29,30). The molecule has 75 heavy (non-hydrogen) atoms. The van der Waals surface area contributed by atoms with Crippen molar-refractivity contribution in [3.8, 4) is 11.5 Å². The average molecular weight is 1070 g/mol. The van der Waals surface area contributed by atoms with Crippen molar-refractivity contribution in [2.24, 2.45) is 22.7 Å². The second kappa shape index (κ2) is 24.2. The van der Waals surface area contributed by atoms with Crippen LogP contribution in [0.3, 0.4) is 0 Å². The molecule has 0 bridgehead atoms. The predicted octanol–water partition coefficient (Wildman–Crippen LogP) is 11.5. The van der Waals surface area contributed by atoms with Crippen molar-refractivity contribution in [2.75, 3.05) is 13.1 Å². The summed E-state index contributed by atoms with van der Waals surface area (Å²) in [6.45, 7) is 20.6. The summed E-state index contributed by atoms with van der Waals surface area (Å²) >= 11 is 0. The molecular formula is C59H84N4O10S2. The molecule has 8 rings (SSSR count). The van der Waals surface area contributed by atoms with Crippen molar-refractivity contribution >= 4 is 59.5 Å². The lowest BCUT2D eigenvalue weighted by molar-refractivity contribution is -0.120. The van der Waals surface area contributed by atoms with E-state index < -0.39 is 48.8 Å². The molecule has 3 amide bonds. The molecule has 0 unspecified atom stereocenters. The molecule has 0 heterocycles. The van der Waals surface area contributed by atoms with Crippen LogP contribution in [0.2, 0.25) is 0 Å². The Labute approximate surface area is 447 Å². The minimum Gasteiger partial charge on any atom is -0.490 e. The molecular weight excluding hydrogens is 989 g/mol. The normalized spacial score (nSPS) is 20.6. The lowest BCUT2D eigenvalue weighted by atomic mass is 9.72. The van der Waals surface area contributed by atoms with Crippen molar-refractivity contribution in [1.82, 2.24) is 19.7 Å². The van der Waals surface area contributed by atoms with Gasteiger partial charge in [0.25, 0.3) is 0 Å². The largest absolute Gasteiger partial charge is 0.490 e. The van der Waals surface area contributed by atoms with E-state index in [9.17, 15) is 31.2 Å². The molecule has 4 aliphatic rings. The molecule has 4 fully saturated rings. The fraction of sp³-hybridized carbons (Fsp3) is 0.610. The average Bonchev–Trinajstić information content (AvgIpc) is 4.25. The van der Waals surface area contributed by atoms with E-state index >= 15 is 0 Å². The van der Waals surface area contributed by atoms with Gasteiger partial charge in [0.15, 0.2) is 0 Å². The fourth-order valence-corrected chi connectivity index (χ4v) is 12.9. The van der Waals surface area contributed by atoms with Gasteiger partial charge in [0, 0.05) is 39.0 Å². The maximum absolute atomic E-state index is 13.0. The van der Waals surface area contributed by atoms with Gasteiger partial charge in [-0.2, -0.15) is 0 Å². The van der Waals surface area contributed by atoms with Crippen LogP contribution in [0, 0.1) is 22.7 Å². The summed E-state index contributed by atoms with van der Waals surface area (Å²) < 4.78 is 70.4. The summed E-state index contributed by atoms with van der Waals surface area (Å²) in [7, 11) is -7.09. The van der Waals surface area contributed by atoms with Gasteiger partial charge < -0.3 is 24.4 Å². The Morgan fingerprint density at radius 1 is 0.533 bits per heavy atom. The first-order chi connectivity index (χ1) is 35.2. The third-order valence-electron chi connectivity index (χ3n) is 15.1. The van der Waals surface area contributed by atoms with E-state index in [1.807, 2.05) is 30.3 Å². The zero-order valence-corrected chi connectivity index (χ0v) is 47.6. The molecule has 16 heteroatoms. The highest BCUT2D eigenvalue weighted by atomic mass is 32.2. The number of amides is 3. The van der Waals surface area contributed by atoms with E-state index in [4.69, 9.17) is 14.2 Å². The van der Waals surface area contributed by atoms with Crippen LogP contribution >= 0.6 is 0 Å². The summed E-state index contributed by atoms with van der Waals surface area (Å²) in [6.07, 6.45) is 11.7. The van der Waals surface area contributed by atoms with Gasteiger partial charge in [-0.15, -0.1) is 0 Å². The van der Waals surface area contributed by atoms with Crippen molar-refractivity contribution in [3.05, 3.63) is 83.9 Å². The lowest BCUT2D eigenvalue weighted by Crippen LogP contribution is -2.40. The second-order valence-electron chi connectivity index (χ2n) is 24.7. The monoisotopic (exact) mass is 1070 g/mol. The highest BCUT2D eigenvalue weighted by molar-refractivity contribution is 7.91. The summed E-state index contributed by atoms with van der Waals surface area (Å²) in [4.78, 5) is 38.7. The molecule has 3 N–H and O–H groups in total. The molecule has 4 aromatic carbocycles. The van der Waals surface area contributed by atoms with E-state index in [1.165, 1.54) is 30.6 Å². The fourth-order valence-electron chi connectivity index (χ4n) is 10.2. The number of nitrogens with one attached hydrogen (secondary N) is 3. The van der Waals surface area contributed by atoms with Crippen molar-refractivity contribution in [2.45, 2.75) is 194 Å². The van der Waals surface area contributed by atoms with Crippen LogP contribution < -0.4 is 24.2 Å². The number of sulfonamides is 2. The topological polar surface area (TPSA) is 187 Å². The molecule has 4 aliphatic carbocycles. The minimum atomic E-state index is -3.63. The molecule has 412 valence electrons. The first-order valence-corrected chi connectivity index (χ1v) is 30.4. The number of hydrogen-bond donors (Lipinski definition) is 3. The first-order valence-electron chi connectivity index (χ1n) is 27.4. The van der Waals surface area contributed by atoms with Crippen LogP contribution in [0.25, 0.3) is 21.5 Å². The van der Waals surface area contributed by atoms with Crippen molar-refractivity contribution in [1.29, 1.82) is 0 Å². The van der Waals surface area contributed by atoms with E-state index in [0.717, 1.165) is 81.7 Å². The molecule has 0 spiro atoms. The lowest BCUT2D eigenvalue weighted by Gasteiger charge is -2.37. The smallest absolute Gasteiger partial charge is 0.410 e. The Hall–Kier alpha value is -4.93. The molecule has 0 radical (unpaired) electrons. The second-order valence-corrected chi connectivity index (χ2v) is 28.6. The Morgan fingerprint density at radius 2 is 0.947 bits per heavy atom. The third-order valence-corrected chi connectivity index (χ3v) is 18.8. The van der Waals surface area contributed by atoms with E-state index in [0.29, 0.717) is 55.7 Å². The Bertz CT molecular complexity index is 2840. The number of nitrogens with zero attached hydrogens (tertiary/aromatic N) is 1. The van der Waals surface area contributed by atoms with Gasteiger partial charge in [0.05, 0.1) is 22.7 Å². The zero-order valence-electron chi connectivity index (χ0n) is 46.0. The van der Waals surface area contributed by atoms with Gasteiger partial charge >= 0.3 is 6.09 Å². The number of carbonyl (C=O) groups excluding carboxylic acids is 3. The van der Waals surface area contributed by atoms with Crippen LogP contribution in [0.1, 0.15) is 163 Å². The highest BCUT2D eigenvalue weighted by Gasteiger charge is 2.38. The Kier molecular flexibility index (Phi) is 18.6. The summed E-state index contributed by atoms with van der Waals surface area (Å²) in [5, 5.41) is 6.72. The van der Waals surface area contributed by atoms with Gasteiger partial charge in [0.1, 0.15) is 17.1 Å². The predicted molar refractivity (Wildman–Crippen MR) is 297 cm³/mol. The molecule has 0 aliphatic heterocycles. The minimum absolute atomic E-state index is 0.0310. The van der Waals surface area contributed by atoms with E-state index in [1.54, 1.807) is 20.8 Å². The van der Waals surface area contributed by atoms with Crippen LogP contribution in [-0.2, 0) is 47.5 Å². The van der Waals surface area contributed by atoms with Crippen LogP contribution in [0.4, 0.5) is 4.79 Å². The number of ether oxygens (including phenoxy) is 3. The highest BCUT2D eigenvalue weighted by Crippen LogP contribution is 2.40. The molecule has 4 saturated carbocycles. The molecule has 4 aromatic rings. The summed E-state index contributed by atoms with van der Waals surface area (Å²) in [6, 6.07) is 24.7. The van der Waals surface area contributed by atoms with Gasteiger partial charge in [-0.05, 0) is 190 Å². The molecule has 0 saturated heterocycles. The van der Waals surface area contributed by atoms with Crippen LogP contribution in [-0.4, -0.2) is 81.0 Å². The zero-order chi connectivity index (χ0) is 54.3. The number of hydrogen-bond acceptors (Lipinski definition) is 11. The third kappa shape index (κ3) is 17.8. The number of carbonyl (C=O) groups is 3. The van der Waals surface area contributed by atoms with Gasteiger partial charge in [-0.3, -0.25) is 19.0 Å². The van der Waals surface area contributed by atoms with Crippen LogP contribution in [0.5, 0.6) is 11.5 Å². The Morgan fingerprint density at radius 3 is 1.39 bits per heavy atom. The maximum Gasteiger partial charge on any atom is 0.410 e. The number of rotatable bonds is 18. The summed E-state index contributed by atoms with van der Waals surface area (Å²) in [5.74, 6) is 2.25. The molecule has 14 nitrogen and oxygen atoms in total. The van der Waals surface area contributed by atoms with Gasteiger partial charge in [0.2, 0.25) is 31.9 Å².